The summed E-state index contributed by atoms with van der Waals surface area (Å²) in [5.74, 6) is 1.60. The lowest BCUT2D eigenvalue weighted by Gasteiger charge is -2.22. The molecule has 1 N–H and O–H groups in total. The fraction of sp³-hybridized carbons (Fsp3) is 0.625. The van der Waals surface area contributed by atoms with Gasteiger partial charge in [-0.25, -0.2) is 0 Å². The second kappa shape index (κ2) is 7.42. The first-order valence-corrected chi connectivity index (χ1v) is 7.01. The van der Waals surface area contributed by atoms with Crippen LogP contribution in [0.1, 0.15) is 52.0 Å². The van der Waals surface area contributed by atoms with Crippen LogP contribution < -0.4 is 10.1 Å². The van der Waals surface area contributed by atoms with Crippen LogP contribution >= 0.6 is 0 Å². The minimum Gasteiger partial charge on any atom is -0.490 e. The molecule has 0 radical (unpaired) electrons. The van der Waals surface area contributed by atoms with E-state index in [0.29, 0.717) is 12.0 Å². The van der Waals surface area contributed by atoms with Crippen LogP contribution in [0.5, 0.6) is 5.75 Å². The summed E-state index contributed by atoms with van der Waals surface area (Å²) in [7, 11) is 1.99. The SMILES string of the molecule is CCC(C)c1ccccc1OC(C)CC(C)NC. The minimum absolute atomic E-state index is 0.234. The third kappa shape index (κ3) is 4.34. The Morgan fingerprint density at radius 1 is 1.17 bits per heavy atom. The summed E-state index contributed by atoms with van der Waals surface area (Å²) in [5.41, 5.74) is 1.32. The van der Waals surface area contributed by atoms with Gasteiger partial charge in [0, 0.05) is 6.04 Å². The van der Waals surface area contributed by atoms with Crippen molar-refractivity contribution in [2.24, 2.45) is 0 Å². The van der Waals surface area contributed by atoms with E-state index < -0.39 is 0 Å². The van der Waals surface area contributed by atoms with Crippen LogP contribution in [0.15, 0.2) is 24.3 Å². The molecule has 0 fully saturated rings. The smallest absolute Gasteiger partial charge is 0.123 e. The largest absolute Gasteiger partial charge is 0.490 e. The van der Waals surface area contributed by atoms with Crippen molar-refractivity contribution < 1.29 is 4.74 Å². The van der Waals surface area contributed by atoms with Gasteiger partial charge in [0.05, 0.1) is 6.10 Å². The van der Waals surface area contributed by atoms with Gasteiger partial charge in [0.1, 0.15) is 5.75 Å². The standard InChI is InChI=1S/C16H27NO/c1-6-12(2)15-9-7-8-10-16(15)18-14(4)11-13(3)17-5/h7-10,12-14,17H,6,11H2,1-5H3. The number of para-hydroxylation sites is 1. The van der Waals surface area contributed by atoms with E-state index in [-0.39, 0.29) is 6.10 Å². The lowest BCUT2D eigenvalue weighted by atomic mass is 9.98. The summed E-state index contributed by atoms with van der Waals surface area (Å²) in [6.45, 7) is 8.79. The molecule has 18 heavy (non-hydrogen) atoms. The topological polar surface area (TPSA) is 21.3 Å². The molecule has 0 saturated heterocycles. The van der Waals surface area contributed by atoms with E-state index >= 15 is 0 Å². The second-order valence-electron chi connectivity index (χ2n) is 5.20. The van der Waals surface area contributed by atoms with Crippen molar-refractivity contribution in [3.63, 3.8) is 0 Å². The van der Waals surface area contributed by atoms with Crippen molar-refractivity contribution >= 4 is 0 Å². The molecule has 1 aromatic rings. The summed E-state index contributed by atoms with van der Waals surface area (Å²) in [6.07, 6.45) is 2.39. The fourth-order valence-corrected chi connectivity index (χ4v) is 2.10. The molecule has 1 aromatic carbocycles. The highest BCUT2D eigenvalue weighted by molar-refractivity contribution is 5.36. The van der Waals surface area contributed by atoms with Crippen LogP contribution in [-0.4, -0.2) is 19.2 Å². The summed E-state index contributed by atoms with van der Waals surface area (Å²) >= 11 is 0. The highest BCUT2D eigenvalue weighted by Gasteiger charge is 2.13. The van der Waals surface area contributed by atoms with Gasteiger partial charge >= 0.3 is 0 Å². The van der Waals surface area contributed by atoms with Crippen LogP contribution in [0.3, 0.4) is 0 Å². The summed E-state index contributed by atoms with van der Waals surface area (Å²) < 4.78 is 6.10. The van der Waals surface area contributed by atoms with Gasteiger partial charge in [0.25, 0.3) is 0 Å². The average molecular weight is 249 g/mol. The molecule has 0 aromatic heterocycles. The lowest BCUT2D eigenvalue weighted by molar-refractivity contribution is 0.195. The molecule has 0 aliphatic heterocycles. The predicted octanol–water partition coefficient (Wildman–Crippen LogP) is 3.97. The van der Waals surface area contributed by atoms with E-state index in [0.717, 1.165) is 18.6 Å². The number of hydrogen-bond acceptors (Lipinski definition) is 2. The van der Waals surface area contributed by atoms with Gasteiger partial charge in [0.15, 0.2) is 0 Å². The van der Waals surface area contributed by atoms with Crippen molar-refractivity contribution in [1.82, 2.24) is 5.32 Å². The highest BCUT2D eigenvalue weighted by atomic mass is 16.5. The Balaban J connectivity index is 2.71. The van der Waals surface area contributed by atoms with Crippen LogP contribution in [0.2, 0.25) is 0 Å². The number of rotatable bonds is 7. The Morgan fingerprint density at radius 3 is 2.44 bits per heavy atom. The number of hydrogen-bond donors (Lipinski definition) is 1. The normalized spacial score (nSPS) is 16.1. The molecule has 0 heterocycles. The zero-order valence-electron chi connectivity index (χ0n) is 12.4. The van der Waals surface area contributed by atoms with E-state index in [1.165, 1.54) is 5.56 Å². The van der Waals surface area contributed by atoms with E-state index in [2.05, 4.69) is 57.3 Å². The molecule has 2 heteroatoms. The minimum atomic E-state index is 0.234. The molecule has 0 amide bonds. The Bertz CT molecular complexity index is 351. The molecule has 0 aliphatic rings. The summed E-state index contributed by atoms with van der Waals surface area (Å²) in [5, 5.41) is 3.25. The number of nitrogens with one attached hydrogen (secondary N) is 1. The maximum absolute atomic E-state index is 6.10. The second-order valence-corrected chi connectivity index (χ2v) is 5.20. The Morgan fingerprint density at radius 2 is 1.83 bits per heavy atom. The Hall–Kier alpha value is -1.02. The maximum atomic E-state index is 6.10. The molecule has 102 valence electrons. The average Bonchev–Trinajstić information content (AvgIpc) is 2.38. The number of ether oxygens (including phenoxy) is 1. The summed E-state index contributed by atoms with van der Waals surface area (Å²) in [4.78, 5) is 0. The summed E-state index contributed by atoms with van der Waals surface area (Å²) in [6, 6.07) is 8.89. The number of benzene rings is 1. The van der Waals surface area contributed by atoms with Crippen molar-refractivity contribution in [2.75, 3.05) is 7.05 Å². The van der Waals surface area contributed by atoms with Gasteiger partial charge in [-0.1, -0.05) is 32.0 Å². The molecule has 0 aliphatic carbocycles. The van der Waals surface area contributed by atoms with E-state index in [1.54, 1.807) is 0 Å². The van der Waals surface area contributed by atoms with Crippen molar-refractivity contribution in [3.8, 4) is 5.75 Å². The van der Waals surface area contributed by atoms with Gasteiger partial charge < -0.3 is 10.1 Å². The lowest BCUT2D eigenvalue weighted by Crippen LogP contribution is -2.28. The van der Waals surface area contributed by atoms with Gasteiger partial charge in [-0.3, -0.25) is 0 Å². The molecule has 3 unspecified atom stereocenters. The van der Waals surface area contributed by atoms with Gasteiger partial charge in [0.2, 0.25) is 0 Å². The fourth-order valence-electron chi connectivity index (χ4n) is 2.10. The maximum Gasteiger partial charge on any atom is 0.123 e. The van der Waals surface area contributed by atoms with Crippen molar-refractivity contribution in [1.29, 1.82) is 0 Å². The predicted molar refractivity (Wildman–Crippen MR) is 78.4 cm³/mol. The molecule has 0 bridgehead atoms. The first-order valence-electron chi connectivity index (χ1n) is 7.01. The zero-order valence-corrected chi connectivity index (χ0v) is 12.4. The third-order valence-corrected chi connectivity index (χ3v) is 3.57. The molecule has 3 atom stereocenters. The quantitative estimate of drug-likeness (QED) is 0.789. The van der Waals surface area contributed by atoms with Gasteiger partial charge in [-0.2, -0.15) is 0 Å². The highest BCUT2D eigenvalue weighted by Crippen LogP contribution is 2.29. The molecular formula is C16H27NO. The molecule has 1 rings (SSSR count). The molecule has 0 spiro atoms. The van der Waals surface area contributed by atoms with E-state index in [4.69, 9.17) is 4.74 Å². The van der Waals surface area contributed by atoms with E-state index in [9.17, 15) is 0 Å². The Labute approximate surface area is 112 Å². The Kier molecular flexibility index (Phi) is 6.20. The molecular weight excluding hydrogens is 222 g/mol. The van der Waals surface area contributed by atoms with Gasteiger partial charge in [-0.15, -0.1) is 0 Å². The first-order chi connectivity index (χ1) is 8.58. The van der Waals surface area contributed by atoms with Crippen LogP contribution in [-0.2, 0) is 0 Å². The first kappa shape index (κ1) is 15.0. The van der Waals surface area contributed by atoms with Crippen molar-refractivity contribution in [2.45, 2.75) is 58.6 Å². The third-order valence-electron chi connectivity index (χ3n) is 3.57. The molecule has 2 nitrogen and oxygen atoms in total. The van der Waals surface area contributed by atoms with E-state index in [1.807, 2.05) is 7.05 Å². The molecule has 0 saturated carbocycles. The van der Waals surface area contributed by atoms with Crippen LogP contribution in [0.25, 0.3) is 0 Å². The monoisotopic (exact) mass is 249 g/mol. The van der Waals surface area contributed by atoms with Crippen molar-refractivity contribution in [3.05, 3.63) is 29.8 Å². The zero-order chi connectivity index (χ0) is 13.5. The van der Waals surface area contributed by atoms with Crippen LogP contribution in [0.4, 0.5) is 0 Å². The van der Waals surface area contributed by atoms with Crippen LogP contribution in [0, 0.1) is 0 Å². The van der Waals surface area contributed by atoms with Gasteiger partial charge in [-0.05, 0) is 51.3 Å².